The van der Waals surface area contributed by atoms with Crippen molar-refractivity contribution >= 4 is 11.9 Å². The molecule has 17 heavy (non-hydrogen) atoms. The fourth-order valence-electron chi connectivity index (χ4n) is 2.05. The maximum absolute atomic E-state index is 11.6. The Hall–Kier alpha value is -1.06. The van der Waals surface area contributed by atoms with Gasteiger partial charge in [0.05, 0.1) is 0 Å². The van der Waals surface area contributed by atoms with E-state index in [1.165, 1.54) is 19.3 Å². The van der Waals surface area contributed by atoms with Crippen molar-refractivity contribution in [2.75, 3.05) is 0 Å². The van der Waals surface area contributed by atoms with E-state index in [2.05, 4.69) is 5.32 Å². The van der Waals surface area contributed by atoms with Crippen molar-refractivity contribution in [3.63, 3.8) is 0 Å². The minimum absolute atomic E-state index is 0.0276. The Labute approximate surface area is 103 Å². The summed E-state index contributed by atoms with van der Waals surface area (Å²) in [6, 6.07) is -0.742. The number of amides is 1. The molecule has 2 N–H and O–H groups in total. The third-order valence-corrected chi connectivity index (χ3v) is 3.80. The fraction of sp³-hybridized carbons (Fsp3) is 0.846. The van der Waals surface area contributed by atoms with Crippen molar-refractivity contribution < 1.29 is 14.7 Å². The molecule has 0 heterocycles. The molecule has 1 amide bonds. The molecular formula is C13H23NO3. The topological polar surface area (TPSA) is 66.4 Å². The molecule has 1 aliphatic carbocycles. The van der Waals surface area contributed by atoms with E-state index in [4.69, 9.17) is 5.11 Å². The summed E-state index contributed by atoms with van der Waals surface area (Å²) in [5.41, 5.74) is 0. The second-order valence-corrected chi connectivity index (χ2v) is 5.10. The summed E-state index contributed by atoms with van der Waals surface area (Å²) in [7, 11) is 0. The first-order chi connectivity index (χ1) is 8.04. The molecule has 0 aliphatic heterocycles. The highest BCUT2D eigenvalue weighted by Gasteiger charge is 2.26. The van der Waals surface area contributed by atoms with Crippen molar-refractivity contribution in [1.29, 1.82) is 0 Å². The Morgan fingerprint density at radius 3 is 2.47 bits per heavy atom. The van der Waals surface area contributed by atoms with Crippen LogP contribution in [-0.4, -0.2) is 23.0 Å². The molecule has 0 radical (unpaired) electrons. The molecule has 0 aromatic carbocycles. The maximum Gasteiger partial charge on any atom is 0.326 e. The molecule has 0 aromatic heterocycles. The lowest BCUT2D eigenvalue weighted by Gasteiger charge is -2.25. The maximum atomic E-state index is 11.6. The monoisotopic (exact) mass is 241 g/mol. The Balaban J connectivity index is 2.32. The lowest BCUT2D eigenvalue weighted by atomic mass is 9.82. The van der Waals surface area contributed by atoms with Gasteiger partial charge in [0, 0.05) is 6.42 Å². The highest BCUT2D eigenvalue weighted by Crippen LogP contribution is 2.30. The van der Waals surface area contributed by atoms with Crippen LogP contribution in [0.3, 0.4) is 0 Å². The van der Waals surface area contributed by atoms with Crippen molar-refractivity contribution in [2.45, 2.75) is 58.4 Å². The minimum Gasteiger partial charge on any atom is -0.480 e. The molecule has 0 bridgehead atoms. The molecule has 0 spiro atoms. The van der Waals surface area contributed by atoms with Gasteiger partial charge in [-0.1, -0.05) is 39.5 Å². The molecule has 4 nitrogen and oxygen atoms in total. The summed E-state index contributed by atoms with van der Waals surface area (Å²) in [6.45, 7) is 3.78. The Morgan fingerprint density at radius 2 is 2.06 bits per heavy atom. The average molecular weight is 241 g/mol. The fourth-order valence-corrected chi connectivity index (χ4v) is 2.05. The minimum atomic E-state index is -0.934. The first kappa shape index (κ1) is 14.0. The van der Waals surface area contributed by atoms with E-state index in [0.717, 1.165) is 12.8 Å². The Bertz CT molecular complexity index is 274. The molecule has 1 rings (SSSR count). The lowest BCUT2D eigenvalue weighted by Crippen LogP contribution is -2.45. The van der Waals surface area contributed by atoms with Gasteiger partial charge >= 0.3 is 5.97 Å². The zero-order valence-electron chi connectivity index (χ0n) is 10.7. The highest BCUT2D eigenvalue weighted by atomic mass is 16.4. The van der Waals surface area contributed by atoms with Gasteiger partial charge in [-0.3, -0.25) is 4.79 Å². The van der Waals surface area contributed by atoms with Crippen LogP contribution in [0.25, 0.3) is 0 Å². The zero-order chi connectivity index (χ0) is 12.8. The van der Waals surface area contributed by atoms with Crippen LogP contribution in [0.4, 0.5) is 0 Å². The van der Waals surface area contributed by atoms with Crippen molar-refractivity contribution in [2.24, 2.45) is 11.8 Å². The Morgan fingerprint density at radius 1 is 1.41 bits per heavy atom. The molecule has 0 aromatic rings. The van der Waals surface area contributed by atoms with Crippen molar-refractivity contribution in [1.82, 2.24) is 5.32 Å². The summed E-state index contributed by atoms with van der Waals surface area (Å²) in [6.07, 6.45) is 5.84. The molecule has 4 heteroatoms. The van der Waals surface area contributed by atoms with E-state index in [9.17, 15) is 9.59 Å². The predicted molar refractivity (Wildman–Crippen MR) is 65.6 cm³/mol. The van der Waals surface area contributed by atoms with Gasteiger partial charge in [0.2, 0.25) is 5.91 Å². The summed E-state index contributed by atoms with van der Waals surface area (Å²) in [5, 5.41) is 11.7. The molecule has 2 unspecified atom stereocenters. The van der Waals surface area contributed by atoms with Gasteiger partial charge in [-0.05, 0) is 18.3 Å². The van der Waals surface area contributed by atoms with Crippen LogP contribution in [0, 0.1) is 11.8 Å². The smallest absolute Gasteiger partial charge is 0.326 e. The van der Waals surface area contributed by atoms with E-state index in [1.807, 2.05) is 13.8 Å². The molecular weight excluding hydrogens is 218 g/mol. The van der Waals surface area contributed by atoms with Crippen LogP contribution in [0.2, 0.25) is 0 Å². The molecule has 0 saturated heterocycles. The zero-order valence-corrected chi connectivity index (χ0v) is 10.7. The predicted octanol–water partition coefficient (Wildman–Crippen LogP) is 2.18. The van der Waals surface area contributed by atoms with E-state index in [-0.39, 0.29) is 11.8 Å². The number of aliphatic carboxylic acids is 1. The number of rotatable bonds is 7. The van der Waals surface area contributed by atoms with Crippen LogP contribution in [0.1, 0.15) is 52.4 Å². The quantitative estimate of drug-likeness (QED) is 0.718. The molecule has 1 fully saturated rings. The average Bonchev–Trinajstić information content (AvgIpc) is 2.22. The van der Waals surface area contributed by atoms with E-state index in [0.29, 0.717) is 12.3 Å². The highest BCUT2D eigenvalue weighted by molar-refractivity contribution is 5.83. The van der Waals surface area contributed by atoms with E-state index in [1.54, 1.807) is 0 Å². The number of carboxylic acid groups (broad SMARTS) is 1. The number of carbonyl (C=O) groups is 2. The van der Waals surface area contributed by atoms with Crippen LogP contribution >= 0.6 is 0 Å². The van der Waals surface area contributed by atoms with Gasteiger partial charge in [0.1, 0.15) is 6.04 Å². The van der Waals surface area contributed by atoms with Crippen LogP contribution in [-0.2, 0) is 9.59 Å². The third kappa shape index (κ3) is 4.36. The van der Waals surface area contributed by atoms with Crippen molar-refractivity contribution in [3.8, 4) is 0 Å². The largest absolute Gasteiger partial charge is 0.480 e. The van der Waals surface area contributed by atoms with E-state index >= 15 is 0 Å². The summed E-state index contributed by atoms with van der Waals surface area (Å²) < 4.78 is 0. The second kappa shape index (κ2) is 6.62. The molecule has 98 valence electrons. The molecule has 1 aliphatic rings. The van der Waals surface area contributed by atoms with E-state index < -0.39 is 12.0 Å². The third-order valence-electron chi connectivity index (χ3n) is 3.80. The van der Waals surface area contributed by atoms with Gasteiger partial charge in [-0.2, -0.15) is 0 Å². The number of hydrogen-bond donors (Lipinski definition) is 2. The van der Waals surface area contributed by atoms with Crippen molar-refractivity contribution in [3.05, 3.63) is 0 Å². The SMILES string of the molecule is CCC(C)C(NC(=O)CCC1CCC1)C(=O)O. The summed E-state index contributed by atoms with van der Waals surface area (Å²) in [5.74, 6) is -0.395. The van der Waals surface area contributed by atoms with Gasteiger partial charge < -0.3 is 10.4 Å². The summed E-state index contributed by atoms with van der Waals surface area (Å²) >= 11 is 0. The lowest BCUT2D eigenvalue weighted by molar-refractivity contribution is -0.143. The molecule has 1 saturated carbocycles. The van der Waals surface area contributed by atoms with Gasteiger partial charge in [0.25, 0.3) is 0 Å². The van der Waals surface area contributed by atoms with Crippen LogP contribution in [0.15, 0.2) is 0 Å². The van der Waals surface area contributed by atoms with Gasteiger partial charge in [-0.25, -0.2) is 4.79 Å². The summed E-state index contributed by atoms with van der Waals surface area (Å²) in [4.78, 5) is 22.7. The first-order valence-corrected chi connectivity index (χ1v) is 6.56. The van der Waals surface area contributed by atoms with Gasteiger partial charge in [0.15, 0.2) is 0 Å². The van der Waals surface area contributed by atoms with Crippen LogP contribution in [0.5, 0.6) is 0 Å². The normalized spacial score (nSPS) is 19.2. The second-order valence-electron chi connectivity index (χ2n) is 5.10. The number of nitrogens with one attached hydrogen (secondary N) is 1. The standard InChI is InChI=1S/C13H23NO3/c1-3-9(2)12(13(16)17)14-11(15)8-7-10-5-4-6-10/h9-10,12H,3-8H2,1-2H3,(H,14,15)(H,16,17). The molecule has 2 atom stereocenters. The number of hydrogen-bond acceptors (Lipinski definition) is 2. The number of carboxylic acids is 1. The number of carbonyl (C=O) groups excluding carboxylic acids is 1. The van der Waals surface area contributed by atoms with Crippen LogP contribution < -0.4 is 5.32 Å². The van der Waals surface area contributed by atoms with Gasteiger partial charge in [-0.15, -0.1) is 0 Å². The Kier molecular flexibility index (Phi) is 5.45. The first-order valence-electron chi connectivity index (χ1n) is 6.56.